The van der Waals surface area contributed by atoms with Crippen molar-refractivity contribution in [2.45, 2.75) is 26.8 Å². The average Bonchev–Trinajstić information content (AvgIpc) is 2.69. The third-order valence-electron chi connectivity index (χ3n) is 3.07. The lowest BCUT2D eigenvalue weighted by Gasteiger charge is -2.19. The minimum atomic E-state index is 0.921. The number of fused-ring (bicyclic) bond motifs is 1. The molecule has 0 atom stereocenters. The van der Waals surface area contributed by atoms with Gasteiger partial charge in [0.2, 0.25) is 0 Å². The number of hydrogen-bond acceptors (Lipinski definition) is 4. The van der Waals surface area contributed by atoms with Gasteiger partial charge in [-0.2, -0.15) is 5.26 Å². The first kappa shape index (κ1) is 11.4. The van der Waals surface area contributed by atoms with Crippen LogP contribution in [0.5, 0.6) is 0 Å². The Hall–Kier alpha value is -1.05. The summed E-state index contributed by atoms with van der Waals surface area (Å²) in [7, 11) is 0. The van der Waals surface area contributed by atoms with Gasteiger partial charge in [0.05, 0.1) is 5.56 Å². The van der Waals surface area contributed by atoms with Gasteiger partial charge >= 0.3 is 0 Å². The van der Waals surface area contributed by atoms with Crippen molar-refractivity contribution >= 4 is 16.3 Å². The molecular formula is C12H17N3S. The second-order valence-electron chi connectivity index (χ2n) is 3.89. The molecule has 2 heterocycles. The van der Waals surface area contributed by atoms with Gasteiger partial charge in [-0.15, -0.1) is 11.3 Å². The van der Waals surface area contributed by atoms with Crippen LogP contribution in [0.3, 0.4) is 0 Å². The fourth-order valence-corrected chi connectivity index (χ4v) is 3.56. The molecule has 0 aliphatic carbocycles. The van der Waals surface area contributed by atoms with E-state index in [4.69, 9.17) is 0 Å². The molecule has 0 fully saturated rings. The maximum absolute atomic E-state index is 9.31. The van der Waals surface area contributed by atoms with Crippen LogP contribution in [0.15, 0.2) is 0 Å². The van der Waals surface area contributed by atoms with Crippen LogP contribution >= 0.6 is 11.3 Å². The molecule has 86 valence electrons. The molecule has 2 rings (SSSR count). The first-order valence-corrected chi connectivity index (χ1v) is 6.63. The second kappa shape index (κ2) is 4.86. The summed E-state index contributed by atoms with van der Waals surface area (Å²) in [6.07, 6.45) is 0.996. The molecule has 0 unspecified atom stereocenters. The minimum absolute atomic E-state index is 0.921. The molecule has 0 saturated heterocycles. The molecule has 1 aromatic heterocycles. The van der Waals surface area contributed by atoms with Gasteiger partial charge in [-0.05, 0) is 32.4 Å². The van der Waals surface area contributed by atoms with E-state index in [1.54, 1.807) is 11.3 Å². The molecular weight excluding hydrogens is 218 g/mol. The van der Waals surface area contributed by atoms with Crippen molar-refractivity contribution in [1.29, 1.82) is 5.26 Å². The second-order valence-corrected chi connectivity index (χ2v) is 4.98. The van der Waals surface area contributed by atoms with Gasteiger partial charge in [0.1, 0.15) is 11.1 Å². The molecule has 1 aliphatic heterocycles. The van der Waals surface area contributed by atoms with Crippen LogP contribution in [-0.4, -0.2) is 19.6 Å². The molecule has 4 heteroatoms. The minimum Gasteiger partial charge on any atom is -0.363 e. The fourth-order valence-electron chi connectivity index (χ4n) is 2.17. The highest BCUT2D eigenvalue weighted by atomic mass is 32.1. The van der Waals surface area contributed by atoms with Crippen LogP contribution in [0.25, 0.3) is 0 Å². The molecule has 1 aliphatic rings. The van der Waals surface area contributed by atoms with Crippen molar-refractivity contribution in [3.8, 4) is 6.07 Å². The van der Waals surface area contributed by atoms with Gasteiger partial charge in [-0.25, -0.2) is 0 Å². The number of anilines is 1. The zero-order chi connectivity index (χ0) is 11.5. The molecule has 0 amide bonds. The molecule has 0 saturated carbocycles. The third kappa shape index (κ3) is 1.81. The van der Waals surface area contributed by atoms with Crippen LogP contribution in [0, 0.1) is 11.3 Å². The van der Waals surface area contributed by atoms with E-state index < -0.39 is 0 Å². The summed E-state index contributed by atoms with van der Waals surface area (Å²) in [5, 5.41) is 13.8. The Labute approximate surface area is 101 Å². The van der Waals surface area contributed by atoms with Crippen molar-refractivity contribution in [3.63, 3.8) is 0 Å². The average molecular weight is 235 g/mol. The number of rotatable bonds is 3. The molecule has 0 aromatic carbocycles. The van der Waals surface area contributed by atoms with Crippen molar-refractivity contribution in [2.75, 3.05) is 24.5 Å². The topological polar surface area (TPSA) is 39.1 Å². The Morgan fingerprint density at radius 2 is 2.19 bits per heavy atom. The highest BCUT2D eigenvalue weighted by Crippen LogP contribution is 2.37. The van der Waals surface area contributed by atoms with E-state index >= 15 is 0 Å². The van der Waals surface area contributed by atoms with Gasteiger partial charge in [0.15, 0.2) is 0 Å². The zero-order valence-electron chi connectivity index (χ0n) is 9.84. The quantitative estimate of drug-likeness (QED) is 0.872. The Kier molecular flexibility index (Phi) is 3.47. The van der Waals surface area contributed by atoms with Crippen molar-refractivity contribution in [1.82, 2.24) is 5.32 Å². The number of hydrogen-bond donors (Lipinski definition) is 1. The standard InChI is InChI=1S/C12H17N3S/c1-3-15(4-2)12-10(7-13)9-5-6-14-8-11(9)16-12/h14H,3-6,8H2,1-2H3. The van der Waals surface area contributed by atoms with Crippen molar-refractivity contribution in [3.05, 3.63) is 16.0 Å². The lowest BCUT2D eigenvalue weighted by Crippen LogP contribution is -2.23. The van der Waals surface area contributed by atoms with E-state index in [0.717, 1.165) is 38.2 Å². The van der Waals surface area contributed by atoms with Gasteiger partial charge < -0.3 is 10.2 Å². The predicted molar refractivity (Wildman–Crippen MR) is 68.0 cm³/mol. The lowest BCUT2D eigenvalue weighted by atomic mass is 10.0. The maximum Gasteiger partial charge on any atom is 0.110 e. The molecule has 0 spiro atoms. The Morgan fingerprint density at radius 3 is 2.81 bits per heavy atom. The largest absolute Gasteiger partial charge is 0.363 e. The first-order chi connectivity index (χ1) is 7.81. The highest BCUT2D eigenvalue weighted by molar-refractivity contribution is 7.16. The number of nitrogens with zero attached hydrogens (tertiary/aromatic N) is 2. The molecule has 1 N–H and O–H groups in total. The summed E-state index contributed by atoms with van der Waals surface area (Å²) in [6, 6.07) is 2.39. The number of nitriles is 1. The maximum atomic E-state index is 9.31. The van der Waals surface area contributed by atoms with Crippen molar-refractivity contribution in [2.24, 2.45) is 0 Å². The van der Waals surface area contributed by atoms with Crippen LogP contribution in [0.4, 0.5) is 5.00 Å². The molecule has 1 aromatic rings. The summed E-state index contributed by atoms with van der Waals surface area (Å²) < 4.78 is 0. The van der Waals surface area contributed by atoms with Gasteiger partial charge in [-0.1, -0.05) is 0 Å². The normalized spacial score (nSPS) is 14.3. The van der Waals surface area contributed by atoms with Crippen LogP contribution in [0.1, 0.15) is 29.9 Å². The summed E-state index contributed by atoms with van der Waals surface area (Å²) in [4.78, 5) is 3.63. The van der Waals surface area contributed by atoms with E-state index in [9.17, 15) is 5.26 Å². The summed E-state index contributed by atoms with van der Waals surface area (Å²) in [6.45, 7) is 8.14. The fraction of sp³-hybridized carbons (Fsp3) is 0.583. The first-order valence-electron chi connectivity index (χ1n) is 5.82. The molecule has 3 nitrogen and oxygen atoms in total. The van der Waals surface area contributed by atoms with Gasteiger partial charge in [-0.3, -0.25) is 0 Å². The number of nitrogens with one attached hydrogen (secondary N) is 1. The van der Waals surface area contributed by atoms with Crippen LogP contribution in [-0.2, 0) is 13.0 Å². The van der Waals surface area contributed by atoms with Gasteiger partial charge in [0.25, 0.3) is 0 Å². The van der Waals surface area contributed by atoms with Crippen LogP contribution < -0.4 is 10.2 Å². The van der Waals surface area contributed by atoms with E-state index in [1.807, 2.05) is 0 Å². The Bertz CT molecular complexity index is 413. The van der Waals surface area contributed by atoms with Crippen molar-refractivity contribution < 1.29 is 0 Å². The predicted octanol–water partition coefficient (Wildman–Crippen LogP) is 2.11. The smallest absolute Gasteiger partial charge is 0.110 e. The summed E-state index contributed by atoms with van der Waals surface area (Å²) in [5.74, 6) is 0. The van der Waals surface area contributed by atoms with E-state index in [1.165, 1.54) is 15.4 Å². The highest BCUT2D eigenvalue weighted by Gasteiger charge is 2.22. The third-order valence-corrected chi connectivity index (χ3v) is 4.36. The molecule has 0 bridgehead atoms. The SMILES string of the molecule is CCN(CC)c1sc2c(c1C#N)CCNC2. The molecule has 0 radical (unpaired) electrons. The van der Waals surface area contributed by atoms with E-state index in [0.29, 0.717) is 0 Å². The monoisotopic (exact) mass is 235 g/mol. The summed E-state index contributed by atoms with van der Waals surface area (Å²) in [5.41, 5.74) is 2.21. The lowest BCUT2D eigenvalue weighted by molar-refractivity contribution is 0.653. The van der Waals surface area contributed by atoms with E-state index in [-0.39, 0.29) is 0 Å². The molecule has 16 heavy (non-hydrogen) atoms. The van der Waals surface area contributed by atoms with Crippen LogP contribution in [0.2, 0.25) is 0 Å². The van der Waals surface area contributed by atoms with Gasteiger partial charge in [0, 0.05) is 24.5 Å². The zero-order valence-corrected chi connectivity index (χ0v) is 10.7. The summed E-state index contributed by atoms with van der Waals surface area (Å²) >= 11 is 1.78. The number of thiophene rings is 1. The van der Waals surface area contributed by atoms with E-state index in [2.05, 4.69) is 30.1 Å². The Morgan fingerprint density at radius 1 is 1.44 bits per heavy atom. The Balaban J connectivity index is 2.45.